The third kappa shape index (κ3) is 2.92. The number of aromatic nitrogens is 3. The molecule has 0 saturated carbocycles. The number of fused-ring (bicyclic) bond motifs is 2. The van der Waals surface area contributed by atoms with E-state index in [0.29, 0.717) is 5.39 Å². The fourth-order valence-electron chi connectivity index (χ4n) is 4.08. The fourth-order valence-corrected chi connectivity index (χ4v) is 4.08. The summed E-state index contributed by atoms with van der Waals surface area (Å²) < 4.78 is 7.38. The van der Waals surface area contributed by atoms with Crippen LogP contribution in [0.1, 0.15) is 29.9 Å². The predicted octanol–water partition coefficient (Wildman–Crippen LogP) is 2.54. The van der Waals surface area contributed by atoms with Crippen LogP contribution in [0.15, 0.2) is 47.4 Å². The molecule has 0 radical (unpaired) electrons. The van der Waals surface area contributed by atoms with Gasteiger partial charge in [-0.3, -0.25) is 9.36 Å². The van der Waals surface area contributed by atoms with E-state index in [-0.39, 0.29) is 11.0 Å². The SMILES string of the molecule is O=c1c2ccc(C#Cc3ccccn3)cc2nc2n1CC1(CCOCC1)C2. The van der Waals surface area contributed by atoms with Crippen molar-refractivity contribution in [2.75, 3.05) is 13.2 Å². The predicted molar refractivity (Wildman–Crippen MR) is 102 cm³/mol. The topological polar surface area (TPSA) is 57.0 Å². The highest BCUT2D eigenvalue weighted by atomic mass is 16.5. The van der Waals surface area contributed by atoms with Crippen molar-refractivity contribution in [3.05, 3.63) is 70.0 Å². The molecule has 2 aliphatic heterocycles. The average Bonchev–Trinajstić information content (AvgIpc) is 3.05. The van der Waals surface area contributed by atoms with Crippen LogP contribution in [0.4, 0.5) is 0 Å². The smallest absolute Gasteiger partial charge is 0.261 e. The highest BCUT2D eigenvalue weighted by Crippen LogP contribution is 2.39. The van der Waals surface area contributed by atoms with E-state index in [1.165, 1.54) is 0 Å². The van der Waals surface area contributed by atoms with Crippen molar-refractivity contribution in [2.45, 2.75) is 25.8 Å². The highest BCUT2D eigenvalue weighted by molar-refractivity contribution is 5.79. The quantitative estimate of drug-likeness (QED) is 0.580. The van der Waals surface area contributed by atoms with E-state index in [1.54, 1.807) is 6.20 Å². The number of benzene rings is 1. The third-order valence-electron chi connectivity index (χ3n) is 5.61. The summed E-state index contributed by atoms with van der Waals surface area (Å²) in [6.07, 6.45) is 4.56. The molecular formula is C22H19N3O2. The van der Waals surface area contributed by atoms with E-state index in [0.717, 1.165) is 61.6 Å². The van der Waals surface area contributed by atoms with Crippen LogP contribution in [0.5, 0.6) is 0 Å². The van der Waals surface area contributed by atoms with Gasteiger partial charge in [0, 0.05) is 37.9 Å². The molecule has 1 spiro atoms. The minimum atomic E-state index is 0.0580. The Balaban J connectivity index is 1.53. The maximum Gasteiger partial charge on any atom is 0.261 e. The van der Waals surface area contributed by atoms with Gasteiger partial charge in [-0.05, 0) is 54.5 Å². The van der Waals surface area contributed by atoms with Crippen LogP contribution in [-0.4, -0.2) is 27.7 Å². The lowest BCUT2D eigenvalue weighted by Gasteiger charge is -2.31. The second kappa shape index (κ2) is 6.33. The van der Waals surface area contributed by atoms with Gasteiger partial charge in [0.15, 0.2) is 0 Å². The molecule has 1 saturated heterocycles. The van der Waals surface area contributed by atoms with Gasteiger partial charge in [-0.15, -0.1) is 0 Å². The minimum Gasteiger partial charge on any atom is -0.381 e. The normalized spacial score (nSPS) is 17.5. The molecule has 1 aromatic carbocycles. The molecule has 0 amide bonds. The molecule has 0 atom stereocenters. The first-order chi connectivity index (χ1) is 13.2. The molecule has 3 aromatic rings. The first kappa shape index (κ1) is 16.2. The Morgan fingerprint density at radius 3 is 2.81 bits per heavy atom. The molecule has 5 heteroatoms. The van der Waals surface area contributed by atoms with Gasteiger partial charge >= 0.3 is 0 Å². The molecule has 2 aliphatic rings. The molecule has 5 rings (SSSR count). The molecule has 134 valence electrons. The van der Waals surface area contributed by atoms with Crippen LogP contribution < -0.4 is 5.56 Å². The van der Waals surface area contributed by atoms with Crippen LogP contribution in [0, 0.1) is 17.3 Å². The number of ether oxygens (including phenoxy) is 1. The molecular weight excluding hydrogens is 338 g/mol. The van der Waals surface area contributed by atoms with Crippen molar-refractivity contribution in [1.82, 2.24) is 14.5 Å². The maximum absolute atomic E-state index is 13.0. The van der Waals surface area contributed by atoms with Gasteiger partial charge in [0.2, 0.25) is 0 Å². The Labute approximate surface area is 157 Å². The zero-order valence-corrected chi connectivity index (χ0v) is 14.9. The lowest BCUT2D eigenvalue weighted by Crippen LogP contribution is -2.32. The van der Waals surface area contributed by atoms with Gasteiger partial charge in [-0.25, -0.2) is 9.97 Å². The molecule has 0 bridgehead atoms. The Hall–Kier alpha value is -2.97. The Morgan fingerprint density at radius 1 is 1.11 bits per heavy atom. The van der Waals surface area contributed by atoms with Crippen molar-refractivity contribution in [3.8, 4) is 11.8 Å². The van der Waals surface area contributed by atoms with Crippen LogP contribution in [-0.2, 0) is 17.7 Å². The molecule has 5 nitrogen and oxygen atoms in total. The summed E-state index contributed by atoms with van der Waals surface area (Å²) in [4.78, 5) is 22.0. The summed E-state index contributed by atoms with van der Waals surface area (Å²) in [5.74, 6) is 7.07. The Bertz CT molecular complexity index is 1130. The molecule has 2 aromatic heterocycles. The Morgan fingerprint density at radius 2 is 2.00 bits per heavy atom. The van der Waals surface area contributed by atoms with E-state index in [2.05, 4.69) is 16.8 Å². The summed E-state index contributed by atoms with van der Waals surface area (Å²) in [5.41, 5.74) is 2.48. The first-order valence-corrected chi connectivity index (χ1v) is 9.27. The number of hydrogen-bond donors (Lipinski definition) is 0. The molecule has 0 unspecified atom stereocenters. The van der Waals surface area contributed by atoms with E-state index >= 15 is 0 Å². The minimum absolute atomic E-state index is 0.0580. The van der Waals surface area contributed by atoms with E-state index < -0.39 is 0 Å². The van der Waals surface area contributed by atoms with E-state index in [4.69, 9.17) is 9.72 Å². The first-order valence-electron chi connectivity index (χ1n) is 9.27. The standard InChI is InChI=1S/C22H19N3O2/c26-21-18-7-5-16(4-6-17-3-1-2-10-23-17)13-19(18)24-20-14-22(15-25(20)21)8-11-27-12-9-22/h1-3,5,7,10,13H,8-9,11-12,14-15H2. The second-order valence-electron chi connectivity index (χ2n) is 7.41. The zero-order chi connectivity index (χ0) is 18.3. The van der Waals surface area contributed by atoms with Gasteiger partial charge in [0.1, 0.15) is 11.5 Å². The van der Waals surface area contributed by atoms with E-state index in [9.17, 15) is 4.79 Å². The molecule has 1 fully saturated rings. The van der Waals surface area contributed by atoms with Crippen LogP contribution in [0.3, 0.4) is 0 Å². The monoisotopic (exact) mass is 357 g/mol. The van der Waals surface area contributed by atoms with Crippen molar-refractivity contribution >= 4 is 10.9 Å². The van der Waals surface area contributed by atoms with Gasteiger partial charge in [0.25, 0.3) is 5.56 Å². The molecule has 0 N–H and O–H groups in total. The van der Waals surface area contributed by atoms with Crippen LogP contribution in [0.2, 0.25) is 0 Å². The van der Waals surface area contributed by atoms with Gasteiger partial charge in [-0.2, -0.15) is 0 Å². The van der Waals surface area contributed by atoms with Crippen molar-refractivity contribution < 1.29 is 4.74 Å². The second-order valence-corrected chi connectivity index (χ2v) is 7.41. The van der Waals surface area contributed by atoms with Crippen molar-refractivity contribution in [2.24, 2.45) is 5.41 Å². The largest absolute Gasteiger partial charge is 0.381 e. The van der Waals surface area contributed by atoms with E-state index in [1.807, 2.05) is 41.0 Å². The van der Waals surface area contributed by atoms with Crippen LogP contribution in [0.25, 0.3) is 10.9 Å². The molecule has 4 heterocycles. The summed E-state index contributed by atoms with van der Waals surface area (Å²) in [7, 11) is 0. The zero-order valence-electron chi connectivity index (χ0n) is 14.9. The lowest BCUT2D eigenvalue weighted by atomic mass is 9.79. The van der Waals surface area contributed by atoms with Crippen molar-refractivity contribution in [1.29, 1.82) is 0 Å². The Kier molecular flexibility index (Phi) is 3.80. The molecule has 27 heavy (non-hydrogen) atoms. The number of pyridine rings is 1. The molecule has 0 aliphatic carbocycles. The summed E-state index contributed by atoms with van der Waals surface area (Å²) in [6.45, 7) is 2.31. The lowest BCUT2D eigenvalue weighted by molar-refractivity contribution is 0.0150. The van der Waals surface area contributed by atoms with Crippen LogP contribution >= 0.6 is 0 Å². The third-order valence-corrected chi connectivity index (χ3v) is 5.61. The maximum atomic E-state index is 13.0. The van der Waals surface area contributed by atoms with Gasteiger partial charge < -0.3 is 4.74 Å². The summed E-state index contributed by atoms with van der Waals surface area (Å²) in [6, 6.07) is 11.3. The number of rotatable bonds is 0. The van der Waals surface area contributed by atoms with Crippen molar-refractivity contribution in [3.63, 3.8) is 0 Å². The number of hydrogen-bond acceptors (Lipinski definition) is 4. The fraction of sp³-hybridized carbons (Fsp3) is 0.318. The summed E-state index contributed by atoms with van der Waals surface area (Å²) in [5, 5.41) is 0.659. The van der Waals surface area contributed by atoms with Gasteiger partial charge in [0.05, 0.1) is 10.9 Å². The average molecular weight is 357 g/mol. The number of nitrogens with zero attached hydrogens (tertiary/aromatic N) is 3. The summed E-state index contributed by atoms with van der Waals surface area (Å²) >= 11 is 0. The van der Waals surface area contributed by atoms with Gasteiger partial charge in [-0.1, -0.05) is 12.0 Å². The highest BCUT2D eigenvalue weighted by Gasteiger charge is 2.40.